The van der Waals surface area contributed by atoms with E-state index in [1.54, 1.807) is 13.2 Å². The average molecular weight is 299 g/mol. The second kappa shape index (κ2) is 8.69. The molecule has 0 saturated heterocycles. The summed E-state index contributed by atoms with van der Waals surface area (Å²) in [5.74, 6) is -0.224. The molecule has 0 aliphatic rings. The van der Waals surface area contributed by atoms with Crippen LogP contribution in [0.5, 0.6) is 5.75 Å². The van der Waals surface area contributed by atoms with Crippen LogP contribution in [0.3, 0.4) is 0 Å². The summed E-state index contributed by atoms with van der Waals surface area (Å²) < 4.78 is 24.2. The van der Waals surface area contributed by atoms with Crippen LogP contribution >= 0.6 is 0 Å². The lowest BCUT2D eigenvalue weighted by Crippen LogP contribution is -2.28. The fourth-order valence-electron chi connectivity index (χ4n) is 1.81. The lowest BCUT2D eigenvalue weighted by Gasteiger charge is -2.18. The van der Waals surface area contributed by atoms with Crippen molar-refractivity contribution in [3.8, 4) is 5.75 Å². The van der Waals surface area contributed by atoms with Crippen LogP contribution < -0.4 is 15.8 Å². The van der Waals surface area contributed by atoms with Gasteiger partial charge >= 0.3 is 0 Å². The molecule has 0 bridgehead atoms. The number of likely N-dealkylation sites (N-methyl/N-ethyl adjacent to an activating group) is 1. The van der Waals surface area contributed by atoms with Crippen molar-refractivity contribution in [3.63, 3.8) is 0 Å². The Bertz CT molecular complexity index is 441. The highest BCUT2D eigenvalue weighted by Gasteiger charge is 2.10. The number of nitrogen functional groups attached to an aromatic ring is 1. The third kappa shape index (κ3) is 6.18. The van der Waals surface area contributed by atoms with Gasteiger partial charge in [0.25, 0.3) is 0 Å². The second-order valence-electron chi connectivity index (χ2n) is 5.26. The number of ether oxygens (including phenoxy) is 2. The molecule has 5 nitrogen and oxygen atoms in total. The van der Waals surface area contributed by atoms with Crippen molar-refractivity contribution in [3.05, 3.63) is 17.9 Å². The van der Waals surface area contributed by atoms with Crippen LogP contribution in [-0.2, 0) is 4.74 Å². The molecule has 0 saturated carbocycles. The molecule has 1 aromatic rings. The molecule has 0 spiro atoms. The van der Waals surface area contributed by atoms with E-state index in [-0.39, 0.29) is 11.9 Å². The first-order chi connectivity index (χ1) is 9.93. The lowest BCUT2D eigenvalue weighted by molar-refractivity contribution is 0.163. The summed E-state index contributed by atoms with van der Waals surface area (Å²) in [7, 11) is 3.70. The summed E-state index contributed by atoms with van der Waals surface area (Å²) in [5.41, 5.74) is 6.89. The van der Waals surface area contributed by atoms with Crippen molar-refractivity contribution in [2.75, 3.05) is 51.4 Å². The smallest absolute Gasteiger partial charge is 0.167 e. The van der Waals surface area contributed by atoms with Crippen LogP contribution in [0.4, 0.5) is 15.8 Å². The van der Waals surface area contributed by atoms with Gasteiger partial charge in [-0.2, -0.15) is 0 Å². The maximum absolute atomic E-state index is 13.7. The third-order valence-corrected chi connectivity index (χ3v) is 2.95. The molecule has 120 valence electrons. The molecule has 0 aliphatic carbocycles. The number of methoxy groups -OCH3 is 1. The van der Waals surface area contributed by atoms with E-state index in [2.05, 4.69) is 10.2 Å². The Labute approximate surface area is 126 Å². The molecule has 1 rings (SSSR count). The van der Waals surface area contributed by atoms with Gasteiger partial charge in [0.05, 0.1) is 24.1 Å². The summed E-state index contributed by atoms with van der Waals surface area (Å²) >= 11 is 0. The van der Waals surface area contributed by atoms with E-state index >= 15 is 0 Å². The fraction of sp³-hybridized carbons (Fsp3) is 0.600. The van der Waals surface area contributed by atoms with Gasteiger partial charge in [-0.1, -0.05) is 0 Å². The van der Waals surface area contributed by atoms with E-state index in [9.17, 15) is 4.39 Å². The zero-order valence-corrected chi connectivity index (χ0v) is 13.3. The molecule has 0 heterocycles. The first-order valence-corrected chi connectivity index (χ1v) is 7.11. The molecule has 0 aliphatic heterocycles. The van der Waals surface area contributed by atoms with Crippen LogP contribution in [0, 0.1) is 5.82 Å². The normalized spacial score (nSPS) is 11.2. The highest BCUT2D eigenvalue weighted by Crippen LogP contribution is 2.28. The topological polar surface area (TPSA) is 59.8 Å². The summed E-state index contributed by atoms with van der Waals surface area (Å²) in [5, 5.41) is 3.21. The summed E-state index contributed by atoms with van der Waals surface area (Å²) in [6.07, 6.45) is -0.0869. The van der Waals surface area contributed by atoms with Gasteiger partial charge in [-0.25, -0.2) is 4.39 Å². The van der Waals surface area contributed by atoms with Crippen LogP contribution in [0.1, 0.15) is 13.8 Å². The molecule has 6 heteroatoms. The minimum Gasteiger partial charge on any atom is -0.488 e. The number of nitrogens with one attached hydrogen (secondary N) is 1. The summed E-state index contributed by atoms with van der Waals surface area (Å²) in [6, 6.07) is 2.90. The highest BCUT2D eigenvalue weighted by atomic mass is 19.1. The third-order valence-electron chi connectivity index (χ3n) is 2.95. The minimum atomic E-state index is -0.441. The van der Waals surface area contributed by atoms with Crippen molar-refractivity contribution < 1.29 is 13.9 Å². The molecule has 0 radical (unpaired) electrons. The highest BCUT2D eigenvalue weighted by molar-refractivity contribution is 5.68. The van der Waals surface area contributed by atoms with E-state index in [0.717, 1.165) is 13.1 Å². The Morgan fingerprint density at radius 1 is 1.33 bits per heavy atom. The van der Waals surface area contributed by atoms with Crippen molar-refractivity contribution in [1.29, 1.82) is 0 Å². The molecule has 21 heavy (non-hydrogen) atoms. The van der Waals surface area contributed by atoms with Crippen molar-refractivity contribution in [2.24, 2.45) is 0 Å². The second-order valence-corrected chi connectivity index (χ2v) is 5.26. The van der Waals surface area contributed by atoms with E-state index in [4.69, 9.17) is 15.2 Å². The zero-order valence-electron chi connectivity index (χ0n) is 13.3. The zero-order chi connectivity index (χ0) is 15.8. The standard InChI is InChI=1S/C15H26FN3O2/c1-11(2)21-15-10-14(13(17)9-12(15)16)18-5-6-19(3)7-8-20-4/h9-11,18H,5-8,17H2,1-4H3. The number of hydrogen-bond acceptors (Lipinski definition) is 5. The Kier molecular flexibility index (Phi) is 7.25. The molecule has 0 aromatic heterocycles. The molecular formula is C15H26FN3O2. The Balaban J connectivity index is 2.58. The first kappa shape index (κ1) is 17.5. The van der Waals surface area contributed by atoms with Gasteiger partial charge in [0.2, 0.25) is 0 Å². The maximum atomic E-state index is 13.7. The monoisotopic (exact) mass is 299 g/mol. The van der Waals surface area contributed by atoms with Crippen molar-refractivity contribution in [1.82, 2.24) is 4.90 Å². The van der Waals surface area contributed by atoms with Gasteiger partial charge < -0.3 is 25.4 Å². The summed E-state index contributed by atoms with van der Waals surface area (Å²) in [4.78, 5) is 2.14. The van der Waals surface area contributed by atoms with E-state index < -0.39 is 5.82 Å². The molecule has 0 atom stereocenters. The predicted octanol–water partition coefficient (Wildman–Crippen LogP) is 2.19. The van der Waals surface area contributed by atoms with Gasteiger partial charge in [0.15, 0.2) is 11.6 Å². The van der Waals surface area contributed by atoms with E-state index in [1.165, 1.54) is 6.07 Å². The maximum Gasteiger partial charge on any atom is 0.167 e. The van der Waals surface area contributed by atoms with Crippen LogP contribution in [0.2, 0.25) is 0 Å². The van der Waals surface area contributed by atoms with Crippen molar-refractivity contribution in [2.45, 2.75) is 20.0 Å². The number of nitrogens with zero attached hydrogens (tertiary/aromatic N) is 1. The van der Waals surface area contributed by atoms with Crippen LogP contribution in [-0.4, -0.2) is 51.4 Å². The lowest BCUT2D eigenvalue weighted by atomic mass is 10.2. The quantitative estimate of drug-likeness (QED) is 0.685. The number of halogens is 1. The first-order valence-electron chi connectivity index (χ1n) is 7.11. The van der Waals surface area contributed by atoms with Gasteiger partial charge in [0.1, 0.15) is 0 Å². The molecular weight excluding hydrogens is 273 g/mol. The van der Waals surface area contributed by atoms with Crippen LogP contribution in [0.25, 0.3) is 0 Å². The van der Waals surface area contributed by atoms with Gasteiger partial charge in [0, 0.05) is 38.9 Å². The van der Waals surface area contributed by atoms with Gasteiger partial charge in [-0.3, -0.25) is 0 Å². The number of anilines is 2. The van der Waals surface area contributed by atoms with Crippen molar-refractivity contribution >= 4 is 11.4 Å². The Hall–Kier alpha value is -1.53. The van der Waals surface area contributed by atoms with Crippen LogP contribution in [0.15, 0.2) is 12.1 Å². The minimum absolute atomic E-state index is 0.0869. The summed E-state index contributed by atoms with van der Waals surface area (Å²) in [6.45, 7) is 6.80. The number of benzene rings is 1. The average Bonchev–Trinajstić information content (AvgIpc) is 2.40. The molecule has 0 amide bonds. The SMILES string of the molecule is COCCN(C)CCNc1cc(OC(C)C)c(F)cc1N. The fourth-order valence-corrected chi connectivity index (χ4v) is 1.81. The number of nitrogens with two attached hydrogens (primary N) is 1. The van der Waals surface area contributed by atoms with Gasteiger partial charge in [-0.05, 0) is 20.9 Å². The predicted molar refractivity (Wildman–Crippen MR) is 84.4 cm³/mol. The Morgan fingerprint density at radius 2 is 2.05 bits per heavy atom. The number of rotatable bonds is 9. The van der Waals surface area contributed by atoms with E-state index in [0.29, 0.717) is 24.5 Å². The molecule has 1 aromatic carbocycles. The largest absolute Gasteiger partial charge is 0.488 e. The molecule has 0 fully saturated rings. The van der Waals surface area contributed by atoms with E-state index in [1.807, 2.05) is 20.9 Å². The van der Waals surface area contributed by atoms with Gasteiger partial charge in [-0.15, -0.1) is 0 Å². The molecule has 0 unspecified atom stereocenters. The molecule has 3 N–H and O–H groups in total. The number of hydrogen-bond donors (Lipinski definition) is 2. The Morgan fingerprint density at radius 3 is 2.67 bits per heavy atom.